The Morgan fingerprint density at radius 1 is 1.11 bits per heavy atom. The zero-order valence-corrected chi connectivity index (χ0v) is 17.8. The molecule has 146 valence electrons. The lowest BCUT2D eigenvalue weighted by Crippen LogP contribution is -2.48. The number of esters is 1. The second-order valence-electron chi connectivity index (χ2n) is 8.26. The summed E-state index contributed by atoms with van der Waals surface area (Å²) in [4.78, 5) is 25.2. The Hall–Kier alpha value is -0.940. The van der Waals surface area contributed by atoms with Crippen molar-refractivity contribution in [1.29, 1.82) is 0 Å². The summed E-state index contributed by atoms with van der Waals surface area (Å²) in [6, 6.07) is 5.76. The Bertz CT molecular complexity index is 723. The van der Waals surface area contributed by atoms with Crippen molar-refractivity contribution in [2.75, 3.05) is 18.1 Å². The van der Waals surface area contributed by atoms with Crippen molar-refractivity contribution < 1.29 is 14.3 Å². The molecular formula is C22H28O3S2. The Morgan fingerprint density at radius 3 is 2.41 bits per heavy atom. The standard InChI is InChI=1S/C22H28O3S2/c1-14-6-7-19(15(2)10-14)20(23)13-25-21(24)16-11-17-4-3-5-18(12-16)22(17)26-8-9-27-22/h6-7,10,16-18H,3-5,8-9,11-13H2,1-2H3. The van der Waals surface area contributed by atoms with E-state index in [9.17, 15) is 9.59 Å². The lowest BCUT2D eigenvalue weighted by Gasteiger charge is -2.51. The Labute approximate surface area is 170 Å². The van der Waals surface area contributed by atoms with E-state index in [-0.39, 0.29) is 24.3 Å². The van der Waals surface area contributed by atoms with Gasteiger partial charge in [0.25, 0.3) is 0 Å². The van der Waals surface area contributed by atoms with Gasteiger partial charge in [-0.15, -0.1) is 23.5 Å². The molecule has 2 atom stereocenters. The van der Waals surface area contributed by atoms with E-state index in [0.717, 1.165) is 24.0 Å². The van der Waals surface area contributed by atoms with Gasteiger partial charge in [0.2, 0.25) is 5.78 Å². The van der Waals surface area contributed by atoms with Gasteiger partial charge in [0.05, 0.1) is 10.00 Å². The van der Waals surface area contributed by atoms with Crippen LogP contribution in [0.15, 0.2) is 18.2 Å². The number of ketones is 1. The number of aryl methyl sites for hydroxylation is 2. The van der Waals surface area contributed by atoms with Crippen molar-refractivity contribution in [3.63, 3.8) is 0 Å². The van der Waals surface area contributed by atoms with Crippen molar-refractivity contribution in [3.05, 3.63) is 34.9 Å². The van der Waals surface area contributed by atoms with Gasteiger partial charge in [0, 0.05) is 17.1 Å². The predicted octanol–water partition coefficient (Wildman–Crippen LogP) is 5.03. The predicted molar refractivity (Wildman–Crippen MR) is 112 cm³/mol. The summed E-state index contributed by atoms with van der Waals surface area (Å²) in [5.41, 5.74) is 2.73. The van der Waals surface area contributed by atoms with Crippen LogP contribution in [0.3, 0.4) is 0 Å². The van der Waals surface area contributed by atoms with Crippen molar-refractivity contribution >= 4 is 35.3 Å². The number of thioether (sulfide) groups is 2. The van der Waals surface area contributed by atoms with Crippen LogP contribution in [0.2, 0.25) is 0 Å². The number of carbonyl (C=O) groups is 2. The molecule has 2 saturated carbocycles. The first kappa shape index (κ1) is 19.4. The average molecular weight is 405 g/mol. The van der Waals surface area contributed by atoms with E-state index < -0.39 is 0 Å². The highest BCUT2D eigenvalue weighted by molar-refractivity contribution is 8.21. The number of ether oxygens (including phenoxy) is 1. The van der Waals surface area contributed by atoms with Gasteiger partial charge >= 0.3 is 5.97 Å². The number of Topliss-reactive ketones (excluding diaryl/α,β-unsaturated/α-hetero) is 1. The van der Waals surface area contributed by atoms with Crippen LogP contribution < -0.4 is 0 Å². The summed E-state index contributed by atoms with van der Waals surface area (Å²) in [6.45, 7) is 3.80. The molecule has 27 heavy (non-hydrogen) atoms. The fraction of sp³-hybridized carbons (Fsp3) is 0.636. The zero-order chi connectivity index (χ0) is 19.0. The van der Waals surface area contributed by atoms with Crippen LogP contribution in [0.5, 0.6) is 0 Å². The second kappa shape index (κ2) is 7.82. The van der Waals surface area contributed by atoms with Gasteiger partial charge in [0.15, 0.2) is 6.61 Å². The molecule has 4 rings (SSSR count). The van der Waals surface area contributed by atoms with E-state index in [0.29, 0.717) is 21.5 Å². The van der Waals surface area contributed by atoms with Gasteiger partial charge in [-0.25, -0.2) is 0 Å². The number of hydrogen-bond acceptors (Lipinski definition) is 5. The summed E-state index contributed by atoms with van der Waals surface area (Å²) in [7, 11) is 0. The molecule has 1 aromatic rings. The molecule has 0 N–H and O–H groups in total. The molecule has 1 aromatic carbocycles. The largest absolute Gasteiger partial charge is 0.457 e. The molecule has 1 heterocycles. The summed E-state index contributed by atoms with van der Waals surface area (Å²) in [6.07, 6.45) is 5.65. The maximum Gasteiger partial charge on any atom is 0.309 e. The topological polar surface area (TPSA) is 43.4 Å². The molecule has 5 heteroatoms. The molecule has 1 aliphatic heterocycles. The first-order chi connectivity index (χ1) is 13.0. The molecule has 2 unspecified atom stereocenters. The van der Waals surface area contributed by atoms with Crippen LogP contribution in [-0.4, -0.2) is 33.9 Å². The van der Waals surface area contributed by atoms with Gasteiger partial charge in [0.1, 0.15) is 0 Å². The van der Waals surface area contributed by atoms with Crippen molar-refractivity contribution in [2.24, 2.45) is 17.8 Å². The molecule has 0 aromatic heterocycles. The minimum Gasteiger partial charge on any atom is -0.457 e. The van der Waals surface area contributed by atoms with Crippen molar-refractivity contribution in [3.8, 4) is 0 Å². The van der Waals surface area contributed by atoms with Crippen molar-refractivity contribution in [2.45, 2.75) is 50.0 Å². The fourth-order valence-electron chi connectivity index (χ4n) is 5.26. The van der Waals surface area contributed by atoms with Gasteiger partial charge in [-0.05, 0) is 56.9 Å². The van der Waals surface area contributed by atoms with Crippen molar-refractivity contribution in [1.82, 2.24) is 0 Å². The Morgan fingerprint density at radius 2 is 1.78 bits per heavy atom. The van der Waals surface area contributed by atoms with E-state index in [1.165, 1.54) is 30.8 Å². The average Bonchev–Trinajstić information content (AvgIpc) is 3.08. The molecular weight excluding hydrogens is 376 g/mol. The molecule has 2 aliphatic carbocycles. The van der Waals surface area contributed by atoms with Gasteiger partial charge in [-0.1, -0.05) is 30.2 Å². The molecule has 1 saturated heterocycles. The monoisotopic (exact) mass is 404 g/mol. The number of rotatable bonds is 4. The SMILES string of the molecule is Cc1ccc(C(=O)COC(=O)C2CC3CCCC(C2)C32SCCS2)c(C)c1. The highest BCUT2D eigenvalue weighted by Gasteiger charge is 2.55. The lowest BCUT2D eigenvalue weighted by atomic mass is 9.67. The first-order valence-electron chi connectivity index (χ1n) is 10.0. The van der Waals surface area contributed by atoms with E-state index in [4.69, 9.17) is 4.74 Å². The summed E-state index contributed by atoms with van der Waals surface area (Å²) >= 11 is 4.29. The fourth-order valence-corrected chi connectivity index (χ4v) is 9.20. The minimum atomic E-state index is -0.159. The molecule has 2 bridgehead atoms. The Balaban J connectivity index is 1.37. The van der Waals surface area contributed by atoms with Gasteiger partial charge in [-0.3, -0.25) is 9.59 Å². The molecule has 3 fully saturated rings. The summed E-state index contributed by atoms with van der Waals surface area (Å²) in [5.74, 6) is 3.45. The van der Waals surface area contributed by atoms with Crippen LogP contribution in [0.25, 0.3) is 0 Å². The smallest absolute Gasteiger partial charge is 0.309 e. The van der Waals surface area contributed by atoms with E-state index >= 15 is 0 Å². The van der Waals surface area contributed by atoms with E-state index in [2.05, 4.69) is 23.5 Å². The van der Waals surface area contributed by atoms with Crippen LogP contribution in [0, 0.1) is 31.6 Å². The third-order valence-electron chi connectivity index (χ3n) is 6.48. The summed E-state index contributed by atoms with van der Waals surface area (Å²) in [5, 5.41) is 0. The number of carbonyl (C=O) groups excluding carboxylic acids is 2. The minimum absolute atomic E-state index is 0.0281. The highest BCUT2D eigenvalue weighted by atomic mass is 32.2. The maximum absolute atomic E-state index is 12.7. The van der Waals surface area contributed by atoms with Gasteiger partial charge in [-0.2, -0.15) is 0 Å². The van der Waals surface area contributed by atoms with E-state index in [1.54, 1.807) is 0 Å². The molecule has 0 radical (unpaired) electrons. The molecule has 3 nitrogen and oxygen atoms in total. The Kier molecular flexibility index (Phi) is 5.62. The molecule has 3 aliphatic rings. The molecule has 1 spiro atoms. The second-order valence-corrected chi connectivity index (χ2v) is 11.3. The lowest BCUT2D eigenvalue weighted by molar-refractivity contribution is -0.150. The van der Waals surface area contributed by atoms with Crippen LogP contribution in [0.4, 0.5) is 0 Å². The van der Waals surface area contributed by atoms with Gasteiger partial charge < -0.3 is 4.74 Å². The quantitative estimate of drug-likeness (QED) is 0.520. The summed E-state index contributed by atoms with van der Waals surface area (Å²) < 4.78 is 5.86. The number of hydrogen-bond donors (Lipinski definition) is 0. The number of benzene rings is 1. The third-order valence-corrected chi connectivity index (χ3v) is 10.5. The zero-order valence-electron chi connectivity index (χ0n) is 16.2. The van der Waals surface area contributed by atoms with E-state index in [1.807, 2.05) is 32.0 Å². The van der Waals surface area contributed by atoms with Crippen LogP contribution >= 0.6 is 23.5 Å². The van der Waals surface area contributed by atoms with Crippen LogP contribution in [-0.2, 0) is 9.53 Å². The molecule has 0 amide bonds. The maximum atomic E-state index is 12.7. The normalized spacial score (nSPS) is 28.9. The van der Waals surface area contributed by atoms with Crippen LogP contribution in [0.1, 0.15) is 53.6 Å². The first-order valence-corrected chi connectivity index (χ1v) is 12.0. The third kappa shape index (κ3) is 3.69. The highest BCUT2D eigenvalue weighted by Crippen LogP contribution is 2.64.